The number of carbonyl (C=O) groups is 1. The first kappa shape index (κ1) is 12.1. The molecule has 0 bridgehead atoms. The Bertz CT molecular complexity index is 383. The van der Waals surface area contributed by atoms with Crippen molar-refractivity contribution < 1.29 is 9.90 Å². The second-order valence-electron chi connectivity index (χ2n) is 4.19. The fraction of sp³-hybridized carbons (Fsp3) is 0.417. The van der Waals surface area contributed by atoms with Gasteiger partial charge in [0.05, 0.1) is 0 Å². The number of carboxylic acid groups (broad SMARTS) is 1. The van der Waals surface area contributed by atoms with Crippen molar-refractivity contribution in [2.24, 2.45) is 0 Å². The lowest BCUT2D eigenvalue weighted by Gasteiger charge is -2.19. The zero-order valence-corrected chi connectivity index (χ0v) is 10.3. The van der Waals surface area contributed by atoms with Gasteiger partial charge in [0, 0.05) is 4.90 Å². The maximum atomic E-state index is 11.0. The number of hydrogen-bond donors (Lipinski definition) is 1. The average molecular weight is 224 g/mol. The molecule has 0 aromatic heterocycles. The van der Waals surface area contributed by atoms with Crippen molar-refractivity contribution in [3.05, 3.63) is 29.3 Å². The quantitative estimate of drug-likeness (QED) is 0.801. The molecule has 2 nitrogen and oxygen atoms in total. The van der Waals surface area contributed by atoms with Crippen molar-refractivity contribution in [1.29, 1.82) is 0 Å². The summed E-state index contributed by atoms with van der Waals surface area (Å²) in [6, 6.07) is 6.09. The van der Waals surface area contributed by atoms with Gasteiger partial charge in [-0.3, -0.25) is 4.79 Å². The van der Waals surface area contributed by atoms with E-state index in [-0.39, 0.29) is 0 Å². The van der Waals surface area contributed by atoms with Crippen molar-refractivity contribution in [3.8, 4) is 0 Å². The minimum Gasteiger partial charge on any atom is -0.480 e. The minimum atomic E-state index is -0.784. The lowest BCUT2D eigenvalue weighted by atomic mass is 10.2. The summed E-state index contributed by atoms with van der Waals surface area (Å²) >= 11 is 1.40. The van der Waals surface area contributed by atoms with Crippen molar-refractivity contribution in [3.63, 3.8) is 0 Å². The van der Waals surface area contributed by atoms with Crippen LogP contribution in [0.4, 0.5) is 0 Å². The van der Waals surface area contributed by atoms with Crippen LogP contribution in [0.15, 0.2) is 23.1 Å². The Morgan fingerprint density at radius 3 is 2.47 bits per heavy atom. The highest BCUT2D eigenvalue weighted by molar-refractivity contribution is 8.01. The third kappa shape index (κ3) is 2.99. The molecule has 0 unspecified atom stereocenters. The molecule has 0 aliphatic rings. The van der Waals surface area contributed by atoms with E-state index in [1.807, 2.05) is 32.0 Å². The molecule has 0 spiro atoms. The van der Waals surface area contributed by atoms with Gasteiger partial charge in [-0.25, -0.2) is 0 Å². The number of aliphatic carboxylic acids is 1. The molecule has 15 heavy (non-hydrogen) atoms. The van der Waals surface area contributed by atoms with Gasteiger partial charge in [-0.15, -0.1) is 11.8 Å². The first-order chi connectivity index (χ1) is 6.83. The van der Waals surface area contributed by atoms with Crippen molar-refractivity contribution in [2.75, 3.05) is 0 Å². The molecular weight excluding hydrogens is 208 g/mol. The molecule has 1 rings (SSSR count). The van der Waals surface area contributed by atoms with E-state index in [2.05, 4.69) is 0 Å². The Morgan fingerprint density at radius 2 is 1.93 bits per heavy atom. The number of thioether (sulfide) groups is 1. The van der Waals surface area contributed by atoms with Crippen molar-refractivity contribution in [1.82, 2.24) is 0 Å². The van der Waals surface area contributed by atoms with Crippen LogP contribution in [0.25, 0.3) is 0 Å². The van der Waals surface area contributed by atoms with E-state index in [9.17, 15) is 4.79 Å². The van der Waals surface area contributed by atoms with Crippen molar-refractivity contribution >= 4 is 17.7 Å². The number of aryl methyl sites for hydroxylation is 2. The van der Waals surface area contributed by atoms with Gasteiger partial charge >= 0.3 is 5.97 Å². The van der Waals surface area contributed by atoms with Gasteiger partial charge in [0.2, 0.25) is 0 Å². The summed E-state index contributed by atoms with van der Waals surface area (Å²) in [6.45, 7) is 7.46. The fourth-order valence-electron chi connectivity index (χ4n) is 1.14. The van der Waals surface area contributed by atoms with Gasteiger partial charge in [0.25, 0.3) is 0 Å². The molecule has 0 saturated carbocycles. The second kappa shape index (κ2) is 4.27. The first-order valence-corrected chi connectivity index (χ1v) is 5.64. The maximum Gasteiger partial charge on any atom is 0.319 e. The fourth-order valence-corrected chi connectivity index (χ4v) is 2.25. The molecule has 1 aromatic rings. The Labute approximate surface area is 94.7 Å². The van der Waals surface area contributed by atoms with E-state index in [4.69, 9.17) is 5.11 Å². The topological polar surface area (TPSA) is 37.3 Å². The number of hydrogen-bond acceptors (Lipinski definition) is 2. The van der Waals surface area contributed by atoms with E-state index in [1.165, 1.54) is 11.8 Å². The zero-order chi connectivity index (χ0) is 11.6. The summed E-state index contributed by atoms with van der Waals surface area (Å²) in [5.74, 6) is -0.784. The normalized spacial score (nSPS) is 11.5. The smallest absolute Gasteiger partial charge is 0.319 e. The van der Waals surface area contributed by atoms with E-state index in [0.29, 0.717) is 0 Å². The summed E-state index contributed by atoms with van der Waals surface area (Å²) in [6.07, 6.45) is 0. The van der Waals surface area contributed by atoms with Crippen LogP contribution < -0.4 is 0 Å². The van der Waals surface area contributed by atoms with Crippen LogP contribution in [0.1, 0.15) is 25.0 Å². The largest absolute Gasteiger partial charge is 0.480 e. The third-order valence-electron chi connectivity index (χ3n) is 2.22. The van der Waals surface area contributed by atoms with Gasteiger partial charge in [-0.05, 0) is 39.3 Å². The molecule has 0 atom stereocenters. The molecule has 0 heterocycles. The third-order valence-corrected chi connectivity index (χ3v) is 3.57. The van der Waals surface area contributed by atoms with Crippen LogP contribution in [0.5, 0.6) is 0 Å². The Hall–Kier alpha value is -0.960. The molecule has 0 aliphatic carbocycles. The molecule has 3 heteroatoms. The summed E-state index contributed by atoms with van der Waals surface area (Å²) < 4.78 is -0.779. The van der Waals surface area contributed by atoms with Crippen molar-refractivity contribution in [2.45, 2.75) is 37.3 Å². The first-order valence-electron chi connectivity index (χ1n) is 4.82. The van der Waals surface area contributed by atoms with Gasteiger partial charge in [-0.2, -0.15) is 0 Å². The van der Waals surface area contributed by atoms with E-state index in [1.54, 1.807) is 13.8 Å². The Kier molecular flexibility index (Phi) is 3.45. The minimum absolute atomic E-state index is 0.779. The van der Waals surface area contributed by atoms with Crippen LogP contribution in [0, 0.1) is 13.8 Å². The molecule has 0 radical (unpaired) electrons. The number of carboxylic acids is 1. The highest BCUT2D eigenvalue weighted by Gasteiger charge is 2.28. The highest BCUT2D eigenvalue weighted by Crippen LogP contribution is 2.35. The predicted molar refractivity (Wildman–Crippen MR) is 63.5 cm³/mol. The SMILES string of the molecule is Cc1ccc(C)c(SC(C)(C)C(=O)O)c1. The lowest BCUT2D eigenvalue weighted by molar-refractivity contribution is -0.138. The molecule has 1 aromatic carbocycles. The second-order valence-corrected chi connectivity index (χ2v) is 5.85. The van der Waals surface area contributed by atoms with Crippen LogP contribution >= 0.6 is 11.8 Å². The lowest BCUT2D eigenvalue weighted by Crippen LogP contribution is -2.27. The summed E-state index contributed by atoms with van der Waals surface area (Å²) in [4.78, 5) is 12.0. The predicted octanol–water partition coefficient (Wildman–Crippen LogP) is 3.26. The highest BCUT2D eigenvalue weighted by atomic mass is 32.2. The maximum absolute atomic E-state index is 11.0. The van der Waals surface area contributed by atoms with Crippen LogP contribution in [-0.2, 0) is 4.79 Å². The summed E-state index contributed by atoms with van der Waals surface area (Å²) in [5, 5.41) is 9.04. The molecule has 0 fully saturated rings. The van der Waals surface area contributed by atoms with Gasteiger partial charge in [-0.1, -0.05) is 17.7 Å². The monoisotopic (exact) mass is 224 g/mol. The van der Waals surface area contributed by atoms with Gasteiger partial charge in [0.15, 0.2) is 0 Å². The number of benzene rings is 1. The average Bonchev–Trinajstić information content (AvgIpc) is 2.10. The van der Waals surface area contributed by atoms with E-state index < -0.39 is 10.7 Å². The van der Waals surface area contributed by atoms with Gasteiger partial charge < -0.3 is 5.11 Å². The van der Waals surface area contributed by atoms with Gasteiger partial charge in [0.1, 0.15) is 4.75 Å². The zero-order valence-electron chi connectivity index (χ0n) is 9.50. The number of rotatable bonds is 3. The molecule has 0 aliphatic heterocycles. The Morgan fingerprint density at radius 1 is 1.33 bits per heavy atom. The molecule has 0 amide bonds. The van der Waals surface area contributed by atoms with Crippen LogP contribution in [-0.4, -0.2) is 15.8 Å². The van der Waals surface area contributed by atoms with Crippen LogP contribution in [0.2, 0.25) is 0 Å². The Balaban J connectivity index is 2.99. The van der Waals surface area contributed by atoms with E-state index in [0.717, 1.165) is 16.0 Å². The van der Waals surface area contributed by atoms with Crippen LogP contribution in [0.3, 0.4) is 0 Å². The molecule has 0 saturated heterocycles. The molecule has 82 valence electrons. The summed E-state index contributed by atoms with van der Waals surface area (Å²) in [5.41, 5.74) is 2.28. The molecule has 1 N–H and O–H groups in total. The van der Waals surface area contributed by atoms with E-state index >= 15 is 0 Å². The standard InChI is InChI=1S/C12H16O2S/c1-8-5-6-9(2)10(7-8)15-12(3,4)11(13)14/h5-7H,1-4H3,(H,13,14). The molecular formula is C12H16O2S. The summed E-state index contributed by atoms with van der Waals surface area (Å²) in [7, 11) is 0.